The van der Waals surface area contributed by atoms with E-state index in [1.807, 2.05) is 30.3 Å². The minimum Gasteiger partial charge on any atom is -0.508 e. The monoisotopic (exact) mass is 253 g/mol. The Kier molecular flexibility index (Phi) is 3.19. The summed E-state index contributed by atoms with van der Waals surface area (Å²) in [5.41, 5.74) is 3.08. The third-order valence-electron chi connectivity index (χ3n) is 3.22. The SMILES string of the molecule is Oc1cccc(C2=NOC(Cc3ccccc3)C2)c1. The van der Waals surface area contributed by atoms with Crippen LogP contribution >= 0.6 is 0 Å². The van der Waals surface area contributed by atoms with Crippen molar-refractivity contribution in [3.63, 3.8) is 0 Å². The van der Waals surface area contributed by atoms with Crippen molar-refractivity contribution < 1.29 is 9.94 Å². The average molecular weight is 253 g/mol. The lowest BCUT2D eigenvalue weighted by Crippen LogP contribution is -2.11. The van der Waals surface area contributed by atoms with Crippen molar-refractivity contribution in [2.45, 2.75) is 18.9 Å². The summed E-state index contributed by atoms with van der Waals surface area (Å²) in [6.45, 7) is 0. The van der Waals surface area contributed by atoms with Crippen molar-refractivity contribution in [3.8, 4) is 5.75 Å². The molecule has 2 aromatic carbocycles. The molecule has 2 aromatic rings. The minimum atomic E-state index is 0.0831. The second kappa shape index (κ2) is 5.14. The predicted molar refractivity (Wildman–Crippen MR) is 74.3 cm³/mol. The minimum absolute atomic E-state index is 0.0831. The molecule has 1 heterocycles. The van der Waals surface area contributed by atoms with E-state index < -0.39 is 0 Å². The first-order chi connectivity index (χ1) is 9.31. The summed E-state index contributed by atoms with van der Waals surface area (Å²) in [4.78, 5) is 5.47. The molecule has 0 saturated heterocycles. The summed E-state index contributed by atoms with van der Waals surface area (Å²) in [7, 11) is 0. The van der Waals surface area contributed by atoms with E-state index in [9.17, 15) is 5.11 Å². The van der Waals surface area contributed by atoms with E-state index in [0.717, 1.165) is 24.1 Å². The third-order valence-corrected chi connectivity index (χ3v) is 3.22. The van der Waals surface area contributed by atoms with Crippen LogP contribution in [0.1, 0.15) is 17.5 Å². The van der Waals surface area contributed by atoms with E-state index in [4.69, 9.17) is 4.84 Å². The maximum Gasteiger partial charge on any atom is 0.137 e. The van der Waals surface area contributed by atoms with Gasteiger partial charge in [-0.25, -0.2) is 0 Å². The van der Waals surface area contributed by atoms with Gasteiger partial charge >= 0.3 is 0 Å². The van der Waals surface area contributed by atoms with E-state index >= 15 is 0 Å². The van der Waals surface area contributed by atoms with Crippen LogP contribution in [0.5, 0.6) is 5.75 Å². The van der Waals surface area contributed by atoms with Gasteiger partial charge in [-0.15, -0.1) is 0 Å². The van der Waals surface area contributed by atoms with Crippen LogP contribution in [0.3, 0.4) is 0 Å². The van der Waals surface area contributed by atoms with E-state index in [0.29, 0.717) is 0 Å². The molecule has 0 radical (unpaired) electrons. The fourth-order valence-electron chi connectivity index (χ4n) is 2.27. The van der Waals surface area contributed by atoms with Gasteiger partial charge in [0.2, 0.25) is 0 Å². The summed E-state index contributed by atoms with van der Waals surface area (Å²) < 4.78 is 0. The first kappa shape index (κ1) is 11.8. The van der Waals surface area contributed by atoms with E-state index in [2.05, 4.69) is 17.3 Å². The summed E-state index contributed by atoms with van der Waals surface area (Å²) in [5, 5.41) is 13.6. The molecule has 1 N–H and O–H groups in total. The Morgan fingerprint density at radius 3 is 2.74 bits per heavy atom. The zero-order valence-corrected chi connectivity index (χ0v) is 10.5. The van der Waals surface area contributed by atoms with Crippen LogP contribution in [0.25, 0.3) is 0 Å². The fourth-order valence-corrected chi connectivity index (χ4v) is 2.27. The van der Waals surface area contributed by atoms with Gasteiger partial charge in [0.15, 0.2) is 0 Å². The number of rotatable bonds is 3. The number of phenolic OH excluding ortho intramolecular Hbond substituents is 1. The highest BCUT2D eigenvalue weighted by Crippen LogP contribution is 2.21. The number of nitrogens with zero attached hydrogens (tertiary/aromatic N) is 1. The van der Waals surface area contributed by atoms with Crippen molar-refractivity contribution in [1.82, 2.24) is 0 Å². The molecule has 0 aromatic heterocycles. The van der Waals surface area contributed by atoms with E-state index in [1.165, 1.54) is 5.56 Å². The smallest absolute Gasteiger partial charge is 0.137 e. The van der Waals surface area contributed by atoms with Crippen molar-refractivity contribution in [2.75, 3.05) is 0 Å². The molecule has 3 rings (SSSR count). The summed E-state index contributed by atoms with van der Waals surface area (Å²) in [6, 6.07) is 17.4. The molecule has 0 amide bonds. The Balaban J connectivity index is 1.67. The Hall–Kier alpha value is -2.29. The highest BCUT2D eigenvalue weighted by Gasteiger charge is 2.22. The van der Waals surface area contributed by atoms with Gasteiger partial charge in [0.05, 0.1) is 5.71 Å². The lowest BCUT2D eigenvalue weighted by atomic mass is 10.0. The molecule has 0 spiro atoms. The van der Waals surface area contributed by atoms with Gasteiger partial charge in [-0.05, 0) is 17.7 Å². The largest absolute Gasteiger partial charge is 0.508 e. The molecule has 0 aliphatic carbocycles. The van der Waals surface area contributed by atoms with Crippen molar-refractivity contribution in [3.05, 3.63) is 65.7 Å². The first-order valence-corrected chi connectivity index (χ1v) is 6.37. The summed E-state index contributed by atoms with van der Waals surface area (Å²) in [5.74, 6) is 0.256. The van der Waals surface area contributed by atoms with Gasteiger partial charge in [0, 0.05) is 18.4 Å². The second-order valence-electron chi connectivity index (χ2n) is 4.71. The molecular weight excluding hydrogens is 238 g/mol. The molecule has 1 atom stereocenters. The van der Waals surface area contributed by atoms with Gasteiger partial charge < -0.3 is 9.94 Å². The quantitative estimate of drug-likeness (QED) is 0.913. The molecule has 0 saturated carbocycles. The van der Waals surface area contributed by atoms with Gasteiger partial charge in [-0.1, -0.05) is 47.6 Å². The van der Waals surface area contributed by atoms with Crippen LogP contribution in [0.2, 0.25) is 0 Å². The molecule has 96 valence electrons. The lowest BCUT2D eigenvalue weighted by Gasteiger charge is -2.07. The van der Waals surface area contributed by atoms with Crippen LogP contribution in [0, 0.1) is 0 Å². The Morgan fingerprint density at radius 1 is 1.11 bits per heavy atom. The number of aromatic hydroxyl groups is 1. The molecular formula is C16H15NO2. The molecule has 3 heteroatoms. The molecule has 0 fully saturated rings. The summed E-state index contributed by atoms with van der Waals surface area (Å²) in [6.07, 6.45) is 1.71. The van der Waals surface area contributed by atoms with Gasteiger partial charge in [0.1, 0.15) is 11.9 Å². The molecule has 1 unspecified atom stereocenters. The maximum absolute atomic E-state index is 9.48. The predicted octanol–water partition coefficient (Wildman–Crippen LogP) is 3.13. The number of hydrogen-bond donors (Lipinski definition) is 1. The van der Waals surface area contributed by atoms with E-state index in [1.54, 1.807) is 12.1 Å². The van der Waals surface area contributed by atoms with Crippen LogP contribution in [-0.2, 0) is 11.3 Å². The van der Waals surface area contributed by atoms with Crippen LogP contribution < -0.4 is 0 Å². The zero-order chi connectivity index (χ0) is 13.1. The van der Waals surface area contributed by atoms with Crippen LogP contribution in [0.15, 0.2) is 59.8 Å². The molecule has 19 heavy (non-hydrogen) atoms. The molecule has 0 bridgehead atoms. The number of benzene rings is 2. The molecule has 3 nitrogen and oxygen atoms in total. The van der Waals surface area contributed by atoms with Crippen molar-refractivity contribution >= 4 is 5.71 Å². The number of phenols is 1. The van der Waals surface area contributed by atoms with Gasteiger partial charge in [-0.3, -0.25) is 0 Å². The highest BCUT2D eigenvalue weighted by atomic mass is 16.6. The maximum atomic E-state index is 9.48. The Morgan fingerprint density at radius 2 is 1.95 bits per heavy atom. The van der Waals surface area contributed by atoms with Crippen LogP contribution in [-0.4, -0.2) is 16.9 Å². The van der Waals surface area contributed by atoms with Crippen LogP contribution in [0.4, 0.5) is 0 Å². The molecule has 1 aliphatic rings. The second-order valence-corrected chi connectivity index (χ2v) is 4.71. The average Bonchev–Trinajstić information content (AvgIpc) is 2.88. The first-order valence-electron chi connectivity index (χ1n) is 6.37. The Labute approximate surface area is 112 Å². The van der Waals surface area contributed by atoms with Crippen molar-refractivity contribution in [2.24, 2.45) is 5.16 Å². The van der Waals surface area contributed by atoms with Gasteiger partial charge in [-0.2, -0.15) is 0 Å². The standard InChI is InChI=1S/C16H15NO2/c18-14-8-4-7-13(10-14)16-11-15(19-17-16)9-12-5-2-1-3-6-12/h1-8,10,15,18H,9,11H2. The van der Waals surface area contributed by atoms with Gasteiger partial charge in [0.25, 0.3) is 0 Å². The fraction of sp³-hybridized carbons (Fsp3) is 0.188. The topological polar surface area (TPSA) is 41.8 Å². The Bertz CT molecular complexity index is 593. The molecule has 1 aliphatic heterocycles. The third kappa shape index (κ3) is 2.76. The summed E-state index contributed by atoms with van der Waals surface area (Å²) >= 11 is 0. The van der Waals surface area contributed by atoms with E-state index in [-0.39, 0.29) is 11.9 Å². The number of hydrogen-bond acceptors (Lipinski definition) is 3. The normalized spacial score (nSPS) is 17.9. The lowest BCUT2D eigenvalue weighted by molar-refractivity contribution is 0.0859. The zero-order valence-electron chi connectivity index (χ0n) is 10.5. The number of oxime groups is 1. The highest BCUT2D eigenvalue weighted by molar-refractivity contribution is 6.01. The van der Waals surface area contributed by atoms with Crippen molar-refractivity contribution in [1.29, 1.82) is 0 Å².